The van der Waals surface area contributed by atoms with Gasteiger partial charge in [0.2, 0.25) is 5.91 Å². The number of nitrogens with zero attached hydrogens (tertiary/aromatic N) is 2. The van der Waals surface area contributed by atoms with Gasteiger partial charge < -0.3 is 5.73 Å². The SMILES string of the molecule is CC(C)(NCc1cn2ccsc2n1)C(N)=O. The van der Waals surface area contributed by atoms with E-state index in [1.54, 1.807) is 25.2 Å². The van der Waals surface area contributed by atoms with Gasteiger partial charge in [0.25, 0.3) is 0 Å². The molecule has 0 bridgehead atoms. The van der Waals surface area contributed by atoms with Crippen LogP contribution in [0.15, 0.2) is 17.8 Å². The largest absolute Gasteiger partial charge is 0.368 e. The quantitative estimate of drug-likeness (QED) is 0.825. The first-order valence-electron chi connectivity index (χ1n) is 4.95. The second-order valence-corrected chi connectivity index (χ2v) is 5.04. The van der Waals surface area contributed by atoms with E-state index in [1.807, 2.05) is 22.2 Å². The van der Waals surface area contributed by atoms with E-state index in [-0.39, 0.29) is 5.91 Å². The smallest absolute Gasteiger partial charge is 0.237 e. The number of thiazole rings is 1. The molecule has 16 heavy (non-hydrogen) atoms. The predicted octanol–water partition coefficient (Wildman–Crippen LogP) is 0.749. The van der Waals surface area contributed by atoms with Gasteiger partial charge in [-0.1, -0.05) is 0 Å². The maximum absolute atomic E-state index is 11.1. The minimum atomic E-state index is -0.711. The zero-order valence-corrected chi connectivity index (χ0v) is 10.0. The number of nitrogens with one attached hydrogen (secondary N) is 1. The molecule has 0 aliphatic rings. The highest BCUT2D eigenvalue weighted by atomic mass is 32.1. The highest BCUT2D eigenvalue weighted by Crippen LogP contribution is 2.12. The van der Waals surface area contributed by atoms with Gasteiger partial charge in [0.05, 0.1) is 11.2 Å². The highest BCUT2D eigenvalue weighted by Gasteiger charge is 2.23. The third-order valence-corrected chi connectivity index (χ3v) is 3.24. The van der Waals surface area contributed by atoms with E-state index in [0.717, 1.165) is 10.7 Å². The fourth-order valence-corrected chi connectivity index (χ4v) is 1.98. The molecule has 0 atom stereocenters. The van der Waals surface area contributed by atoms with E-state index in [1.165, 1.54) is 0 Å². The van der Waals surface area contributed by atoms with Gasteiger partial charge in [-0.05, 0) is 13.8 Å². The van der Waals surface area contributed by atoms with Crippen LogP contribution in [0.25, 0.3) is 4.96 Å². The Morgan fingerprint density at radius 3 is 3.06 bits per heavy atom. The Morgan fingerprint density at radius 2 is 2.44 bits per heavy atom. The third-order valence-electron chi connectivity index (χ3n) is 2.47. The number of hydrogen-bond donors (Lipinski definition) is 2. The van der Waals surface area contributed by atoms with E-state index >= 15 is 0 Å². The number of rotatable bonds is 4. The maximum atomic E-state index is 11.1. The predicted molar refractivity (Wildman–Crippen MR) is 63.2 cm³/mol. The van der Waals surface area contributed by atoms with Crippen molar-refractivity contribution in [1.29, 1.82) is 0 Å². The van der Waals surface area contributed by atoms with E-state index in [0.29, 0.717) is 6.54 Å². The molecule has 0 fully saturated rings. The van der Waals surface area contributed by atoms with Crippen LogP contribution in [0.1, 0.15) is 19.5 Å². The molecule has 0 unspecified atom stereocenters. The molecule has 2 rings (SSSR count). The van der Waals surface area contributed by atoms with Crippen molar-refractivity contribution in [2.75, 3.05) is 0 Å². The van der Waals surface area contributed by atoms with Crippen molar-refractivity contribution in [2.45, 2.75) is 25.9 Å². The Bertz CT molecular complexity index is 485. The topological polar surface area (TPSA) is 72.4 Å². The number of imidazole rings is 1. The molecule has 0 spiro atoms. The number of aromatic nitrogens is 2. The summed E-state index contributed by atoms with van der Waals surface area (Å²) in [5.41, 5.74) is 5.46. The number of amides is 1. The van der Waals surface area contributed by atoms with Crippen molar-refractivity contribution < 1.29 is 4.79 Å². The zero-order valence-electron chi connectivity index (χ0n) is 9.23. The molecule has 86 valence electrons. The molecule has 0 aliphatic carbocycles. The Labute approximate surface area is 97.3 Å². The van der Waals surface area contributed by atoms with Crippen molar-refractivity contribution in [2.24, 2.45) is 5.73 Å². The molecule has 5 nitrogen and oxygen atoms in total. The number of nitrogens with two attached hydrogens (primary N) is 1. The van der Waals surface area contributed by atoms with Crippen LogP contribution in [0.4, 0.5) is 0 Å². The number of carbonyl (C=O) groups is 1. The van der Waals surface area contributed by atoms with E-state index in [2.05, 4.69) is 10.3 Å². The zero-order chi connectivity index (χ0) is 11.8. The average Bonchev–Trinajstić information content (AvgIpc) is 2.73. The molecule has 0 aliphatic heterocycles. The molecule has 1 amide bonds. The summed E-state index contributed by atoms with van der Waals surface area (Å²) < 4.78 is 1.96. The van der Waals surface area contributed by atoms with Crippen LogP contribution in [0, 0.1) is 0 Å². The lowest BCUT2D eigenvalue weighted by Crippen LogP contribution is -2.50. The molecule has 0 aromatic carbocycles. The van der Waals surface area contributed by atoms with Gasteiger partial charge in [-0.3, -0.25) is 14.5 Å². The van der Waals surface area contributed by atoms with E-state index in [9.17, 15) is 4.79 Å². The van der Waals surface area contributed by atoms with Gasteiger partial charge in [-0.25, -0.2) is 4.98 Å². The normalized spacial score (nSPS) is 12.1. The number of primary amides is 1. The monoisotopic (exact) mass is 238 g/mol. The number of fused-ring (bicyclic) bond motifs is 1. The first kappa shape index (κ1) is 11.1. The Morgan fingerprint density at radius 1 is 1.69 bits per heavy atom. The molecule has 0 saturated carbocycles. The molecule has 0 saturated heterocycles. The summed E-state index contributed by atoms with van der Waals surface area (Å²) in [5.74, 6) is -0.367. The van der Waals surface area contributed by atoms with Crippen molar-refractivity contribution in [3.63, 3.8) is 0 Å². The van der Waals surface area contributed by atoms with Gasteiger partial charge in [0.15, 0.2) is 4.96 Å². The summed E-state index contributed by atoms with van der Waals surface area (Å²) in [7, 11) is 0. The summed E-state index contributed by atoms with van der Waals surface area (Å²) >= 11 is 1.58. The molecular formula is C10H14N4OS. The molecule has 2 heterocycles. The first-order chi connectivity index (χ1) is 7.49. The number of hydrogen-bond acceptors (Lipinski definition) is 4. The van der Waals surface area contributed by atoms with Gasteiger partial charge in [0.1, 0.15) is 0 Å². The lowest BCUT2D eigenvalue weighted by Gasteiger charge is -2.21. The molecule has 2 aromatic heterocycles. The van der Waals surface area contributed by atoms with E-state index < -0.39 is 5.54 Å². The minimum absolute atomic E-state index is 0.367. The van der Waals surface area contributed by atoms with Crippen molar-refractivity contribution in [3.05, 3.63) is 23.5 Å². The Kier molecular flexibility index (Phi) is 2.69. The Balaban J connectivity index is 2.06. The van der Waals surface area contributed by atoms with Crippen LogP contribution in [0.5, 0.6) is 0 Å². The average molecular weight is 238 g/mol. The van der Waals surface area contributed by atoms with Crippen LogP contribution in [0.3, 0.4) is 0 Å². The Hall–Kier alpha value is -1.40. The summed E-state index contributed by atoms with van der Waals surface area (Å²) in [6.07, 6.45) is 3.89. The van der Waals surface area contributed by atoms with Gasteiger partial charge >= 0.3 is 0 Å². The first-order valence-corrected chi connectivity index (χ1v) is 5.83. The maximum Gasteiger partial charge on any atom is 0.237 e. The molecule has 6 heteroatoms. The minimum Gasteiger partial charge on any atom is -0.368 e. The van der Waals surface area contributed by atoms with Crippen LogP contribution >= 0.6 is 11.3 Å². The van der Waals surface area contributed by atoms with Crippen molar-refractivity contribution >= 4 is 22.2 Å². The van der Waals surface area contributed by atoms with Crippen LogP contribution in [0.2, 0.25) is 0 Å². The van der Waals surface area contributed by atoms with Gasteiger partial charge in [0, 0.05) is 24.3 Å². The standard InChI is InChI=1S/C10H14N4OS/c1-10(2,8(11)15)12-5-7-6-14-3-4-16-9(14)13-7/h3-4,6,12H,5H2,1-2H3,(H2,11,15). The third kappa shape index (κ3) is 2.07. The van der Waals surface area contributed by atoms with Crippen molar-refractivity contribution in [1.82, 2.24) is 14.7 Å². The fourth-order valence-electron chi connectivity index (χ4n) is 1.26. The summed E-state index contributed by atoms with van der Waals surface area (Å²) in [5, 5.41) is 5.06. The summed E-state index contributed by atoms with van der Waals surface area (Å²) in [6, 6.07) is 0. The van der Waals surface area contributed by atoms with Crippen LogP contribution in [-0.2, 0) is 11.3 Å². The molecule has 3 N–H and O–H groups in total. The number of carbonyl (C=O) groups excluding carboxylic acids is 1. The van der Waals surface area contributed by atoms with Gasteiger partial charge in [-0.15, -0.1) is 11.3 Å². The lowest BCUT2D eigenvalue weighted by atomic mass is 10.1. The van der Waals surface area contributed by atoms with E-state index in [4.69, 9.17) is 5.73 Å². The molecular weight excluding hydrogens is 224 g/mol. The molecule has 2 aromatic rings. The van der Waals surface area contributed by atoms with Crippen molar-refractivity contribution in [3.8, 4) is 0 Å². The van der Waals surface area contributed by atoms with Crippen LogP contribution < -0.4 is 11.1 Å². The van der Waals surface area contributed by atoms with Crippen LogP contribution in [-0.4, -0.2) is 20.8 Å². The summed E-state index contributed by atoms with van der Waals surface area (Å²) in [4.78, 5) is 16.5. The molecule has 0 radical (unpaired) electrons. The second-order valence-electron chi connectivity index (χ2n) is 4.17. The summed E-state index contributed by atoms with van der Waals surface area (Å²) in [6.45, 7) is 4.05. The lowest BCUT2D eigenvalue weighted by molar-refractivity contribution is -0.123. The fraction of sp³-hybridized carbons (Fsp3) is 0.400. The van der Waals surface area contributed by atoms with Gasteiger partial charge in [-0.2, -0.15) is 0 Å². The second kappa shape index (κ2) is 3.88. The highest BCUT2D eigenvalue weighted by molar-refractivity contribution is 7.15.